The van der Waals surface area contributed by atoms with Gasteiger partial charge in [0.2, 0.25) is 0 Å². The first kappa shape index (κ1) is 19.1. The SMILES string of the molecule is CCOC(=O)C1(C(C)P2(=O)N(c3ccccc3)CCN2c2ccccc2)CC1. The van der Waals surface area contributed by atoms with Crippen LogP contribution in [0.2, 0.25) is 0 Å². The standard InChI is InChI=1S/C22H27N2O3P/c1-3-27-21(25)22(14-15-22)18(2)28(26)23(19-10-6-4-7-11-19)16-17-24(28)20-12-8-5-9-13-20/h4-13,18H,3,14-17H2,1-2H3. The second kappa shape index (κ2) is 7.29. The van der Waals surface area contributed by atoms with E-state index in [1.54, 1.807) is 0 Å². The highest BCUT2D eigenvalue weighted by Gasteiger charge is 2.64. The highest BCUT2D eigenvalue weighted by molar-refractivity contribution is 7.68. The van der Waals surface area contributed by atoms with Crippen LogP contribution in [0.1, 0.15) is 26.7 Å². The van der Waals surface area contributed by atoms with E-state index < -0.39 is 12.9 Å². The van der Waals surface area contributed by atoms with Gasteiger partial charge in [0.25, 0.3) is 7.44 Å². The largest absolute Gasteiger partial charge is 0.466 e. The molecule has 1 atom stereocenters. The fourth-order valence-corrected chi connectivity index (χ4v) is 8.12. The molecular weight excluding hydrogens is 371 g/mol. The van der Waals surface area contributed by atoms with Crippen molar-refractivity contribution in [3.8, 4) is 0 Å². The Labute approximate surface area is 166 Å². The van der Waals surface area contributed by atoms with Crippen LogP contribution >= 0.6 is 7.44 Å². The monoisotopic (exact) mass is 398 g/mol. The second-order valence-electron chi connectivity index (χ2n) is 7.56. The third-order valence-corrected chi connectivity index (χ3v) is 9.85. The Kier molecular flexibility index (Phi) is 4.96. The Hall–Kier alpha value is -2.26. The molecule has 1 aliphatic heterocycles. The van der Waals surface area contributed by atoms with Gasteiger partial charge in [-0.3, -0.25) is 9.36 Å². The molecule has 6 heteroatoms. The smallest absolute Gasteiger partial charge is 0.312 e. The van der Waals surface area contributed by atoms with Crippen molar-refractivity contribution >= 4 is 24.8 Å². The number of rotatable bonds is 6. The minimum atomic E-state index is -3.10. The molecule has 2 fully saturated rings. The summed E-state index contributed by atoms with van der Waals surface area (Å²) in [5.41, 5.74) is 0.921. The van der Waals surface area contributed by atoms with E-state index in [0.29, 0.717) is 19.7 Å². The van der Waals surface area contributed by atoms with E-state index in [4.69, 9.17) is 4.74 Å². The molecule has 28 heavy (non-hydrogen) atoms. The average molecular weight is 398 g/mol. The Morgan fingerprint density at radius 2 is 1.46 bits per heavy atom. The molecule has 0 radical (unpaired) electrons. The van der Waals surface area contributed by atoms with Crippen LogP contribution in [-0.4, -0.2) is 31.3 Å². The molecule has 1 heterocycles. The molecule has 1 aliphatic carbocycles. The maximum atomic E-state index is 14.8. The lowest BCUT2D eigenvalue weighted by molar-refractivity contribution is -0.149. The van der Waals surface area contributed by atoms with Gasteiger partial charge in [0, 0.05) is 24.5 Å². The number of benzene rings is 2. The number of esters is 1. The van der Waals surface area contributed by atoms with E-state index in [1.807, 2.05) is 83.9 Å². The maximum Gasteiger partial charge on any atom is 0.312 e. The molecule has 1 unspecified atom stereocenters. The van der Waals surface area contributed by atoms with E-state index in [1.165, 1.54) is 0 Å². The fourth-order valence-electron chi connectivity index (χ4n) is 4.34. The van der Waals surface area contributed by atoms with Crippen molar-refractivity contribution in [1.29, 1.82) is 0 Å². The van der Waals surface area contributed by atoms with Crippen LogP contribution in [0.3, 0.4) is 0 Å². The van der Waals surface area contributed by atoms with Gasteiger partial charge in [0.1, 0.15) is 0 Å². The molecule has 148 valence electrons. The zero-order valence-electron chi connectivity index (χ0n) is 16.5. The summed E-state index contributed by atoms with van der Waals surface area (Å²) in [4.78, 5) is 12.8. The van der Waals surface area contributed by atoms with Gasteiger partial charge >= 0.3 is 5.97 Å². The first-order valence-corrected chi connectivity index (χ1v) is 11.7. The topological polar surface area (TPSA) is 49.9 Å². The Bertz CT molecular complexity index is 832. The highest BCUT2D eigenvalue weighted by Crippen LogP contribution is 2.71. The number of ether oxygens (including phenoxy) is 1. The fraction of sp³-hybridized carbons (Fsp3) is 0.409. The summed E-state index contributed by atoms with van der Waals surface area (Å²) >= 11 is 0. The third-order valence-electron chi connectivity index (χ3n) is 6.10. The summed E-state index contributed by atoms with van der Waals surface area (Å²) in [6.07, 6.45) is 1.48. The number of carbonyl (C=O) groups excluding carboxylic acids is 1. The lowest BCUT2D eigenvalue weighted by Gasteiger charge is -2.39. The van der Waals surface area contributed by atoms with Gasteiger partial charge in [0.15, 0.2) is 0 Å². The molecule has 0 N–H and O–H groups in total. The van der Waals surface area contributed by atoms with Crippen LogP contribution in [0.4, 0.5) is 11.4 Å². The van der Waals surface area contributed by atoms with E-state index in [9.17, 15) is 9.36 Å². The molecule has 2 aromatic carbocycles. The van der Waals surface area contributed by atoms with Crippen molar-refractivity contribution in [2.45, 2.75) is 32.3 Å². The predicted molar refractivity (Wildman–Crippen MR) is 113 cm³/mol. The highest BCUT2D eigenvalue weighted by atomic mass is 31.2. The molecule has 2 aromatic rings. The molecule has 5 nitrogen and oxygen atoms in total. The molecule has 2 aliphatic rings. The summed E-state index contributed by atoms with van der Waals surface area (Å²) in [6.45, 7) is 5.48. The van der Waals surface area contributed by atoms with Gasteiger partial charge in [-0.2, -0.15) is 0 Å². The zero-order valence-corrected chi connectivity index (χ0v) is 17.3. The summed E-state index contributed by atoms with van der Waals surface area (Å²) < 4.78 is 24.3. The van der Waals surface area contributed by atoms with Crippen molar-refractivity contribution in [1.82, 2.24) is 0 Å². The van der Waals surface area contributed by atoms with Crippen LogP contribution in [0.15, 0.2) is 60.7 Å². The number of carbonyl (C=O) groups is 1. The van der Waals surface area contributed by atoms with Crippen LogP contribution in [0, 0.1) is 5.41 Å². The van der Waals surface area contributed by atoms with Gasteiger partial charge in [-0.25, -0.2) is 0 Å². The minimum Gasteiger partial charge on any atom is -0.466 e. The van der Waals surface area contributed by atoms with Gasteiger partial charge in [-0.05, 0) is 44.0 Å². The van der Waals surface area contributed by atoms with Crippen molar-refractivity contribution in [3.63, 3.8) is 0 Å². The van der Waals surface area contributed by atoms with Gasteiger partial charge < -0.3 is 14.1 Å². The van der Waals surface area contributed by atoms with Crippen LogP contribution in [0.5, 0.6) is 0 Å². The summed E-state index contributed by atoms with van der Waals surface area (Å²) in [6, 6.07) is 19.8. The lowest BCUT2D eigenvalue weighted by atomic mass is 10.0. The maximum absolute atomic E-state index is 14.8. The van der Waals surface area contributed by atoms with Crippen molar-refractivity contribution in [3.05, 3.63) is 60.7 Å². The molecule has 0 aromatic heterocycles. The van der Waals surface area contributed by atoms with E-state index in [2.05, 4.69) is 0 Å². The zero-order chi connectivity index (χ0) is 19.8. The molecule has 1 saturated carbocycles. The Balaban J connectivity index is 1.78. The van der Waals surface area contributed by atoms with Crippen molar-refractivity contribution in [2.24, 2.45) is 5.41 Å². The first-order chi connectivity index (χ1) is 13.5. The average Bonchev–Trinajstić information content (AvgIpc) is 3.47. The third kappa shape index (κ3) is 2.93. The number of hydrogen-bond donors (Lipinski definition) is 0. The normalized spacial score (nSPS) is 20.6. The summed E-state index contributed by atoms with van der Waals surface area (Å²) in [5.74, 6) is -0.203. The predicted octanol–water partition coefficient (Wildman–Crippen LogP) is 4.94. The van der Waals surface area contributed by atoms with Crippen LogP contribution < -0.4 is 9.34 Å². The number of anilines is 2. The Morgan fingerprint density at radius 1 is 1.00 bits per heavy atom. The molecule has 0 spiro atoms. The van der Waals surface area contributed by atoms with Crippen molar-refractivity contribution < 1.29 is 14.1 Å². The first-order valence-electron chi connectivity index (χ1n) is 9.97. The molecule has 4 rings (SSSR count). The molecule has 1 saturated heterocycles. The van der Waals surface area contributed by atoms with E-state index in [0.717, 1.165) is 24.2 Å². The second-order valence-corrected chi connectivity index (χ2v) is 10.5. The molecule has 0 amide bonds. The van der Waals surface area contributed by atoms with Gasteiger partial charge in [0.05, 0.1) is 17.7 Å². The summed E-state index contributed by atoms with van der Waals surface area (Å²) in [5, 5.41) is 0. The van der Waals surface area contributed by atoms with Gasteiger partial charge in [-0.1, -0.05) is 43.3 Å². The van der Waals surface area contributed by atoms with Crippen LogP contribution in [0.25, 0.3) is 0 Å². The Morgan fingerprint density at radius 3 is 1.86 bits per heavy atom. The van der Waals surface area contributed by atoms with Crippen molar-refractivity contribution in [2.75, 3.05) is 29.0 Å². The molecule has 0 bridgehead atoms. The lowest BCUT2D eigenvalue weighted by Crippen LogP contribution is -2.37. The quantitative estimate of drug-likeness (QED) is 0.510. The van der Waals surface area contributed by atoms with E-state index >= 15 is 0 Å². The number of para-hydroxylation sites is 2. The summed E-state index contributed by atoms with van der Waals surface area (Å²) in [7, 11) is -3.10. The minimum absolute atomic E-state index is 0.203. The van der Waals surface area contributed by atoms with Crippen LogP contribution in [-0.2, 0) is 14.1 Å². The molecular formula is C22H27N2O3P. The number of nitrogens with zero attached hydrogens (tertiary/aromatic N) is 2. The van der Waals surface area contributed by atoms with E-state index in [-0.39, 0.29) is 11.6 Å². The number of hydrogen-bond acceptors (Lipinski definition) is 3. The van der Waals surface area contributed by atoms with Gasteiger partial charge in [-0.15, -0.1) is 0 Å².